The first-order valence-electron chi connectivity index (χ1n) is 11.9. The summed E-state index contributed by atoms with van der Waals surface area (Å²) in [5, 5.41) is 21.9. The van der Waals surface area contributed by atoms with Crippen molar-refractivity contribution in [2.45, 2.75) is 13.2 Å². The maximum absolute atomic E-state index is 12.8. The summed E-state index contributed by atoms with van der Waals surface area (Å²) in [6.07, 6.45) is 1.67. The van der Waals surface area contributed by atoms with E-state index in [-0.39, 0.29) is 24.7 Å². The number of carbonyl (C=O) groups is 1. The fourth-order valence-electron chi connectivity index (χ4n) is 3.81. The summed E-state index contributed by atoms with van der Waals surface area (Å²) in [7, 11) is 5.98. The van der Waals surface area contributed by atoms with Crippen molar-refractivity contribution in [1.29, 1.82) is 0 Å². The summed E-state index contributed by atoms with van der Waals surface area (Å²) < 4.78 is 28.8. The zero-order valence-corrected chi connectivity index (χ0v) is 22.2. The lowest BCUT2D eigenvalue weighted by Gasteiger charge is -2.14. The highest BCUT2D eigenvalue weighted by molar-refractivity contribution is 5.95. The molecule has 0 aliphatic carbocycles. The first-order chi connectivity index (χ1) is 19.4. The van der Waals surface area contributed by atoms with E-state index in [9.17, 15) is 14.9 Å². The highest BCUT2D eigenvalue weighted by Crippen LogP contribution is 2.38. The van der Waals surface area contributed by atoms with E-state index in [0.717, 1.165) is 5.56 Å². The molecule has 1 amide bonds. The molecule has 13 heteroatoms. The Labute approximate surface area is 229 Å². The van der Waals surface area contributed by atoms with Crippen molar-refractivity contribution >= 4 is 11.6 Å². The third-order valence-electron chi connectivity index (χ3n) is 5.85. The number of benzene rings is 3. The van der Waals surface area contributed by atoms with Crippen LogP contribution in [0.2, 0.25) is 0 Å². The van der Waals surface area contributed by atoms with Crippen molar-refractivity contribution in [3.63, 3.8) is 0 Å². The number of non-ortho nitro benzene ring substituents is 1. The van der Waals surface area contributed by atoms with Crippen LogP contribution >= 0.6 is 0 Å². The second-order valence-electron chi connectivity index (χ2n) is 8.30. The Morgan fingerprint density at radius 2 is 1.57 bits per heavy atom. The van der Waals surface area contributed by atoms with Gasteiger partial charge in [-0.05, 0) is 42.0 Å². The first kappa shape index (κ1) is 27.7. The van der Waals surface area contributed by atoms with Gasteiger partial charge in [-0.1, -0.05) is 11.3 Å². The zero-order valence-electron chi connectivity index (χ0n) is 22.2. The Kier molecular flexibility index (Phi) is 8.64. The van der Waals surface area contributed by atoms with Crippen molar-refractivity contribution in [2.24, 2.45) is 0 Å². The van der Waals surface area contributed by atoms with E-state index >= 15 is 0 Å². The van der Waals surface area contributed by atoms with Gasteiger partial charge in [-0.25, -0.2) is 4.68 Å². The molecule has 1 N–H and O–H groups in total. The van der Waals surface area contributed by atoms with Crippen molar-refractivity contribution in [1.82, 2.24) is 20.3 Å². The predicted octanol–water partition coefficient (Wildman–Crippen LogP) is 3.72. The van der Waals surface area contributed by atoms with Crippen LogP contribution in [0.5, 0.6) is 28.7 Å². The molecule has 1 aromatic heterocycles. The minimum absolute atomic E-state index is 0.0104. The molecule has 4 aromatic rings. The number of rotatable bonds is 12. The van der Waals surface area contributed by atoms with Crippen molar-refractivity contribution in [3.05, 3.63) is 87.7 Å². The quantitative estimate of drug-likeness (QED) is 0.205. The molecule has 0 radical (unpaired) electrons. The van der Waals surface area contributed by atoms with Gasteiger partial charge in [-0.15, -0.1) is 5.10 Å². The van der Waals surface area contributed by atoms with Gasteiger partial charge in [0.05, 0.1) is 45.2 Å². The van der Waals surface area contributed by atoms with E-state index in [1.165, 1.54) is 45.3 Å². The number of nitro groups is 1. The third-order valence-corrected chi connectivity index (χ3v) is 5.85. The molecule has 0 fully saturated rings. The first-order valence-corrected chi connectivity index (χ1v) is 11.9. The fraction of sp³-hybridized carbons (Fsp3) is 0.222. The average Bonchev–Trinajstić information content (AvgIpc) is 3.47. The molecule has 0 atom stereocenters. The van der Waals surface area contributed by atoms with Gasteiger partial charge in [0.1, 0.15) is 12.3 Å². The van der Waals surface area contributed by atoms with Crippen LogP contribution in [-0.4, -0.2) is 54.3 Å². The molecule has 40 heavy (non-hydrogen) atoms. The van der Waals surface area contributed by atoms with Crippen LogP contribution in [0.25, 0.3) is 5.69 Å². The van der Waals surface area contributed by atoms with E-state index in [2.05, 4.69) is 15.6 Å². The molecule has 208 valence electrons. The maximum atomic E-state index is 12.8. The van der Waals surface area contributed by atoms with Crippen LogP contribution in [-0.2, 0) is 13.2 Å². The smallest absolute Gasteiger partial charge is 0.269 e. The molecule has 0 unspecified atom stereocenters. The average molecular weight is 550 g/mol. The molecule has 0 aliphatic rings. The highest BCUT2D eigenvalue weighted by atomic mass is 16.6. The molecule has 3 aromatic carbocycles. The summed E-state index contributed by atoms with van der Waals surface area (Å²) in [4.78, 5) is 23.2. The van der Waals surface area contributed by atoms with E-state index in [1.807, 2.05) is 0 Å². The van der Waals surface area contributed by atoms with Crippen LogP contribution in [0.3, 0.4) is 0 Å². The molecule has 0 aliphatic heterocycles. The van der Waals surface area contributed by atoms with Crippen molar-refractivity contribution in [2.75, 3.05) is 28.4 Å². The van der Waals surface area contributed by atoms with E-state index < -0.39 is 4.92 Å². The summed E-state index contributed by atoms with van der Waals surface area (Å²) in [6, 6.07) is 14.4. The fourth-order valence-corrected chi connectivity index (χ4v) is 3.81. The van der Waals surface area contributed by atoms with Gasteiger partial charge in [0, 0.05) is 24.2 Å². The monoisotopic (exact) mass is 549 g/mol. The van der Waals surface area contributed by atoms with Gasteiger partial charge in [0.25, 0.3) is 11.6 Å². The summed E-state index contributed by atoms with van der Waals surface area (Å²) >= 11 is 0. The standard InChI is InChI=1S/C27H27N5O8/c1-36-23-11-17(14-28-27(33)18-12-24(37-2)26(39-4)25(13-18)38-3)5-10-22(23)40-16-19-15-31(30-29-19)20-6-8-21(9-7-20)32(34)35/h5-13,15H,14,16H2,1-4H3,(H,28,33). The number of hydrogen-bond acceptors (Lipinski definition) is 10. The number of nitrogens with zero attached hydrogens (tertiary/aromatic N) is 4. The van der Waals surface area contributed by atoms with Gasteiger partial charge in [-0.2, -0.15) is 0 Å². The molecule has 0 saturated carbocycles. The van der Waals surface area contributed by atoms with Crippen LogP contribution < -0.4 is 29.0 Å². The Balaban J connectivity index is 1.38. The van der Waals surface area contributed by atoms with Crippen molar-refractivity contribution in [3.8, 4) is 34.4 Å². The van der Waals surface area contributed by atoms with E-state index in [4.69, 9.17) is 23.7 Å². The number of carbonyl (C=O) groups excluding carboxylic acids is 1. The van der Waals surface area contributed by atoms with Crippen molar-refractivity contribution < 1.29 is 33.4 Å². The predicted molar refractivity (Wildman–Crippen MR) is 143 cm³/mol. The summed E-state index contributed by atoms with van der Waals surface area (Å²) in [5.74, 6) is 1.78. The van der Waals surface area contributed by atoms with Crippen LogP contribution in [0.1, 0.15) is 21.6 Å². The minimum Gasteiger partial charge on any atom is -0.493 e. The van der Waals surface area contributed by atoms with E-state index in [0.29, 0.717) is 45.7 Å². The maximum Gasteiger partial charge on any atom is 0.269 e. The number of nitro benzene ring substituents is 1. The second-order valence-corrected chi connectivity index (χ2v) is 8.30. The number of aromatic nitrogens is 3. The highest BCUT2D eigenvalue weighted by Gasteiger charge is 2.17. The van der Waals surface area contributed by atoms with Gasteiger partial charge in [-0.3, -0.25) is 14.9 Å². The number of amides is 1. The Bertz CT molecular complexity index is 1480. The molecular weight excluding hydrogens is 522 g/mol. The molecule has 0 saturated heterocycles. The normalized spacial score (nSPS) is 10.5. The third kappa shape index (κ3) is 6.20. The molecule has 1 heterocycles. The van der Waals surface area contributed by atoms with Gasteiger partial charge in [0.15, 0.2) is 23.0 Å². The van der Waals surface area contributed by atoms with Crippen LogP contribution in [0.4, 0.5) is 5.69 Å². The number of methoxy groups -OCH3 is 4. The van der Waals surface area contributed by atoms with Crippen LogP contribution in [0.15, 0.2) is 60.8 Å². The molecular formula is C27H27N5O8. The Hall–Kier alpha value is -5.33. The Morgan fingerprint density at radius 1 is 0.900 bits per heavy atom. The Morgan fingerprint density at radius 3 is 2.17 bits per heavy atom. The number of ether oxygens (including phenoxy) is 5. The van der Waals surface area contributed by atoms with Crippen LogP contribution in [0, 0.1) is 10.1 Å². The van der Waals surface area contributed by atoms with Gasteiger partial charge < -0.3 is 29.0 Å². The van der Waals surface area contributed by atoms with Gasteiger partial charge in [0.2, 0.25) is 5.75 Å². The lowest BCUT2D eigenvalue weighted by molar-refractivity contribution is -0.384. The molecule has 13 nitrogen and oxygen atoms in total. The summed E-state index contributed by atoms with van der Waals surface area (Å²) in [5.41, 5.74) is 2.29. The summed E-state index contributed by atoms with van der Waals surface area (Å²) in [6.45, 7) is 0.344. The minimum atomic E-state index is -0.466. The molecule has 0 bridgehead atoms. The second kappa shape index (κ2) is 12.5. The lowest BCUT2D eigenvalue weighted by Crippen LogP contribution is -2.23. The SMILES string of the molecule is COc1cc(CNC(=O)c2cc(OC)c(OC)c(OC)c2)ccc1OCc1cn(-c2ccc([N+](=O)[O-])cc2)nn1. The molecule has 0 spiro atoms. The van der Waals surface area contributed by atoms with Gasteiger partial charge >= 0.3 is 0 Å². The number of hydrogen-bond donors (Lipinski definition) is 1. The largest absolute Gasteiger partial charge is 0.493 e. The number of nitrogens with one attached hydrogen (secondary N) is 1. The van der Waals surface area contributed by atoms with E-state index in [1.54, 1.807) is 48.7 Å². The molecule has 4 rings (SSSR count). The topological polar surface area (TPSA) is 149 Å². The zero-order chi connectivity index (χ0) is 28.6. The lowest BCUT2D eigenvalue weighted by atomic mass is 10.1.